The van der Waals surface area contributed by atoms with Crippen molar-refractivity contribution in [1.29, 1.82) is 5.26 Å². The molecule has 0 radical (unpaired) electrons. The molecule has 0 spiro atoms. The van der Waals surface area contributed by atoms with Crippen LogP contribution in [0, 0.1) is 17.2 Å². The summed E-state index contributed by atoms with van der Waals surface area (Å²) < 4.78 is 5.36. The smallest absolute Gasteiger partial charge is 0.276 e. The normalized spacial score (nSPS) is 18.7. The lowest BCUT2D eigenvalue weighted by Crippen LogP contribution is -2.37. The summed E-state index contributed by atoms with van der Waals surface area (Å²) in [4.78, 5) is 11.8. The first-order valence-electron chi connectivity index (χ1n) is 7.61. The Labute approximate surface area is 136 Å². The van der Waals surface area contributed by atoms with Crippen molar-refractivity contribution in [3.05, 3.63) is 53.3 Å². The van der Waals surface area contributed by atoms with Crippen LogP contribution in [0.1, 0.15) is 32.3 Å². The average Bonchev–Trinajstić information content (AvgIpc) is 2.55. The number of para-hydroxylation sites is 1. The largest absolute Gasteiger partial charge is 0.482 e. The number of hydrogen-bond donors (Lipinski definition) is 2. The number of benzene rings is 1. The number of nitriles is 1. The van der Waals surface area contributed by atoms with Crippen LogP contribution >= 0.6 is 0 Å². The monoisotopic (exact) mass is 311 g/mol. The van der Waals surface area contributed by atoms with E-state index in [-0.39, 0.29) is 12.5 Å². The fraction of sp³-hybridized carbons (Fsp3) is 0.333. The number of nitrogens with one attached hydrogen (secondary N) is 2. The summed E-state index contributed by atoms with van der Waals surface area (Å²) in [7, 11) is 0. The van der Waals surface area contributed by atoms with Crippen molar-refractivity contribution in [2.45, 2.75) is 26.7 Å². The van der Waals surface area contributed by atoms with E-state index >= 15 is 0 Å². The average molecular weight is 311 g/mol. The van der Waals surface area contributed by atoms with E-state index in [0.717, 1.165) is 12.8 Å². The molecule has 0 aromatic heterocycles. The van der Waals surface area contributed by atoms with Crippen molar-refractivity contribution in [3.8, 4) is 11.8 Å². The molecule has 0 bridgehead atoms. The van der Waals surface area contributed by atoms with Gasteiger partial charge in [-0.1, -0.05) is 30.7 Å². The number of amides is 1. The number of rotatable bonds is 5. The molecule has 2 N–H and O–H groups in total. The molecule has 1 aromatic carbocycles. The molecule has 2 rings (SSSR count). The second kappa shape index (κ2) is 8.04. The van der Waals surface area contributed by atoms with Crippen LogP contribution in [0.15, 0.2) is 47.7 Å². The summed E-state index contributed by atoms with van der Waals surface area (Å²) in [5, 5.41) is 8.96. The van der Waals surface area contributed by atoms with Crippen molar-refractivity contribution in [3.63, 3.8) is 0 Å². The number of hydrogen-bond acceptors (Lipinski definition) is 4. The minimum absolute atomic E-state index is 0.149. The Morgan fingerprint density at radius 1 is 1.48 bits per heavy atom. The third kappa shape index (κ3) is 4.89. The lowest BCUT2D eigenvalue weighted by molar-refractivity contribution is -0.123. The van der Waals surface area contributed by atoms with Crippen LogP contribution in [-0.2, 0) is 4.79 Å². The molecule has 0 saturated heterocycles. The van der Waals surface area contributed by atoms with Gasteiger partial charge in [-0.3, -0.25) is 10.2 Å². The highest BCUT2D eigenvalue weighted by Crippen LogP contribution is 2.27. The second-order valence-corrected chi connectivity index (χ2v) is 5.67. The first-order chi connectivity index (χ1) is 11.1. The molecule has 1 aliphatic rings. The molecule has 0 fully saturated rings. The Kier molecular flexibility index (Phi) is 5.81. The molecule has 1 unspecified atom stereocenters. The molecule has 1 aromatic rings. The first kappa shape index (κ1) is 16.6. The standard InChI is InChI=1S/C18H21N3O2/c1-13-7-8-16(14(2)9-13)11-20-21-18(22)12-23-17-6-4-3-5-15(17)10-19/h3-7,11,14,20H,8-9,12H2,1-2H3,(H,21,22). The molecule has 1 amide bonds. The lowest BCUT2D eigenvalue weighted by Gasteiger charge is -2.21. The fourth-order valence-electron chi connectivity index (χ4n) is 2.47. The van der Waals surface area contributed by atoms with Gasteiger partial charge in [-0.25, -0.2) is 0 Å². The number of carbonyl (C=O) groups excluding carboxylic acids is 1. The molecule has 1 aliphatic carbocycles. The molecule has 0 saturated carbocycles. The van der Waals surface area contributed by atoms with Crippen LogP contribution in [0.2, 0.25) is 0 Å². The second-order valence-electron chi connectivity index (χ2n) is 5.67. The highest BCUT2D eigenvalue weighted by Gasteiger charge is 2.13. The van der Waals surface area contributed by atoms with Gasteiger partial charge >= 0.3 is 0 Å². The maximum Gasteiger partial charge on any atom is 0.276 e. The zero-order chi connectivity index (χ0) is 16.7. The molecular weight excluding hydrogens is 290 g/mol. The van der Waals surface area contributed by atoms with Gasteiger partial charge in [-0.2, -0.15) is 5.26 Å². The van der Waals surface area contributed by atoms with Gasteiger partial charge in [-0.15, -0.1) is 0 Å². The molecule has 0 aliphatic heterocycles. The van der Waals surface area contributed by atoms with Gasteiger partial charge in [0.2, 0.25) is 0 Å². The van der Waals surface area contributed by atoms with E-state index in [1.165, 1.54) is 11.1 Å². The Morgan fingerprint density at radius 3 is 3.00 bits per heavy atom. The van der Waals surface area contributed by atoms with E-state index < -0.39 is 0 Å². The van der Waals surface area contributed by atoms with Crippen molar-refractivity contribution >= 4 is 5.91 Å². The van der Waals surface area contributed by atoms with Crippen LogP contribution in [0.25, 0.3) is 0 Å². The van der Waals surface area contributed by atoms with Crippen LogP contribution in [0.4, 0.5) is 0 Å². The zero-order valence-electron chi connectivity index (χ0n) is 13.4. The van der Waals surface area contributed by atoms with E-state index in [4.69, 9.17) is 10.00 Å². The Balaban J connectivity index is 1.79. The summed E-state index contributed by atoms with van der Waals surface area (Å²) in [6.07, 6.45) is 6.00. The van der Waals surface area contributed by atoms with Gasteiger partial charge in [0.15, 0.2) is 6.61 Å². The molecule has 0 heterocycles. The number of hydrazine groups is 1. The first-order valence-corrected chi connectivity index (χ1v) is 7.61. The van der Waals surface area contributed by atoms with E-state index in [1.54, 1.807) is 24.3 Å². The topological polar surface area (TPSA) is 74.2 Å². The Hall–Kier alpha value is -2.74. The minimum atomic E-state index is -0.301. The molecule has 1 atom stereocenters. The summed E-state index contributed by atoms with van der Waals surface area (Å²) in [6, 6.07) is 8.85. The van der Waals surface area contributed by atoms with E-state index in [1.807, 2.05) is 12.3 Å². The number of nitrogens with zero attached hydrogens (tertiary/aromatic N) is 1. The molecular formula is C18H21N3O2. The summed E-state index contributed by atoms with van der Waals surface area (Å²) >= 11 is 0. The van der Waals surface area contributed by atoms with Crippen molar-refractivity contribution < 1.29 is 9.53 Å². The molecule has 120 valence electrons. The molecule has 23 heavy (non-hydrogen) atoms. The van der Waals surface area contributed by atoms with Crippen LogP contribution < -0.4 is 15.6 Å². The summed E-state index contributed by atoms with van der Waals surface area (Å²) in [5.41, 5.74) is 8.48. The van der Waals surface area contributed by atoms with Gasteiger partial charge < -0.3 is 10.2 Å². The fourth-order valence-corrected chi connectivity index (χ4v) is 2.47. The Morgan fingerprint density at radius 2 is 2.26 bits per heavy atom. The zero-order valence-corrected chi connectivity index (χ0v) is 13.4. The van der Waals surface area contributed by atoms with Gasteiger partial charge in [0.05, 0.1) is 5.56 Å². The highest BCUT2D eigenvalue weighted by atomic mass is 16.5. The van der Waals surface area contributed by atoms with Gasteiger partial charge in [0, 0.05) is 6.20 Å². The molecule has 5 heteroatoms. The maximum absolute atomic E-state index is 11.8. The van der Waals surface area contributed by atoms with Crippen LogP contribution in [-0.4, -0.2) is 12.5 Å². The van der Waals surface area contributed by atoms with Crippen LogP contribution in [0.3, 0.4) is 0 Å². The van der Waals surface area contributed by atoms with Gasteiger partial charge in [-0.05, 0) is 43.4 Å². The third-order valence-electron chi connectivity index (χ3n) is 3.78. The summed E-state index contributed by atoms with van der Waals surface area (Å²) in [5.74, 6) is 0.581. The van der Waals surface area contributed by atoms with E-state index in [2.05, 4.69) is 30.8 Å². The minimum Gasteiger partial charge on any atom is -0.482 e. The van der Waals surface area contributed by atoms with E-state index in [0.29, 0.717) is 17.2 Å². The quantitative estimate of drug-likeness (QED) is 0.648. The molecule has 5 nitrogen and oxygen atoms in total. The maximum atomic E-state index is 11.8. The Bertz CT molecular complexity index is 671. The SMILES string of the molecule is CC1=CCC(=CNNC(=O)COc2ccccc2C#N)C(C)C1. The van der Waals surface area contributed by atoms with Gasteiger partial charge in [0.25, 0.3) is 5.91 Å². The predicted molar refractivity (Wildman–Crippen MR) is 88.2 cm³/mol. The highest BCUT2D eigenvalue weighted by molar-refractivity contribution is 5.77. The third-order valence-corrected chi connectivity index (χ3v) is 3.78. The van der Waals surface area contributed by atoms with Crippen molar-refractivity contribution in [1.82, 2.24) is 10.9 Å². The summed E-state index contributed by atoms with van der Waals surface area (Å²) in [6.45, 7) is 4.16. The number of allylic oxidation sites excluding steroid dienone is 3. The number of ether oxygens (including phenoxy) is 1. The lowest BCUT2D eigenvalue weighted by atomic mass is 9.87. The van der Waals surface area contributed by atoms with E-state index in [9.17, 15) is 4.79 Å². The van der Waals surface area contributed by atoms with Crippen molar-refractivity contribution in [2.24, 2.45) is 5.92 Å². The predicted octanol–water partition coefficient (Wildman–Crippen LogP) is 2.82. The van der Waals surface area contributed by atoms with Crippen molar-refractivity contribution in [2.75, 3.05) is 6.61 Å². The van der Waals surface area contributed by atoms with Crippen LogP contribution in [0.5, 0.6) is 5.75 Å². The van der Waals surface area contributed by atoms with Gasteiger partial charge in [0.1, 0.15) is 11.8 Å². The number of carbonyl (C=O) groups is 1.